The Kier molecular flexibility index (Phi) is 6.25. The molecule has 1 aromatic heterocycles. The lowest BCUT2D eigenvalue weighted by atomic mass is 10.2. The first-order valence-electron chi connectivity index (χ1n) is 8.73. The standard InChI is InChI=1S/C20H15F4N3O3S/c21-15-6-8-17(9-7-15)27(31(29,30)18-5-2-10-25-12-18)13-19(28)26-16-4-1-3-14(11-16)20(22,23)24/h1-12H,13H2,(H,26,28). The SMILES string of the molecule is O=C(CN(c1ccc(F)cc1)S(=O)(=O)c1cccnc1)Nc1cccc(C(F)(F)F)c1. The average molecular weight is 453 g/mol. The number of halogens is 4. The van der Waals surface area contributed by atoms with Gasteiger partial charge >= 0.3 is 6.18 Å². The molecule has 1 N–H and O–H groups in total. The van der Waals surface area contributed by atoms with Crippen LogP contribution in [0, 0.1) is 5.82 Å². The van der Waals surface area contributed by atoms with Crippen molar-refractivity contribution in [1.29, 1.82) is 0 Å². The predicted molar refractivity (Wildman–Crippen MR) is 105 cm³/mol. The van der Waals surface area contributed by atoms with E-state index in [-0.39, 0.29) is 16.3 Å². The molecule has 0 saturated heterocycles. The number of carbonyl (C=O) groups is 1. The Balaban J connectivity index is 1.90. The molecule has 0 aliphatic carbocycles. The van der Waals surface area contributed by atoms with Crippen LogP contribution >= 0.6 is 0 Å². The summed E-state index contributed by atoms with van der Waals surface area (Å²) in [6.45, 7) is -0.765. The van der Waals surface area contributed by atoms with Gasteiger partial charge < -0.3 is 5.32 Å². The number of hydrogen-bond acceptors (Lipinski definition) is 4. The Bertz CT molecular complexity index is 1170. The van der Waals surface area contributed by atoms with Gasteiger partial charge in [-0.05, 0) is 54.6 Å². The first-order chi connectivity index (χ1) is 14.6. The number of rotatable bonds is 6. The fraction of sp³-hybridized carbons (Fsp3) is 0.100. The lowest BCUT2D eigenvalue weighted by molar-refractivity contribution is -0.137. The first kappa shape index (κ1) is 22.2. The lowest BCUT2D eigenvalue weighted by Gasteiger charge is -2.24. The third-order valence-corrected chi connectivity index (χ3v) is 5.86. The number of hydrogen-bond donors (Lipinski definition) is 1. The van der Waals surface area contributed by atoms with E-state index >= 15 is 0 Å². The zero-order valence-electron chi connectivity index (χ0n) is 15.7. The van der Waals surface area contributed by atoms with Crippen LogP contribution in [-0.2, 0) is 21.0 Å². The van der Waals surface area contributed by atoms with Crippen LogP contribution in [0.4, 0.5) is 28.9 Å². The second-order valence-corrected chi connectivity index (χ2v) is 8.17. The van der Waals surface area contributed by atoms with Gasteiger partial charge in [-0.2, -0.15) is 13.2 Å². The third kappa shape index (κ3) is 5.37. The molecule has 0 fully saturated rings. The van der Waals surface area contributed by atoms with E-state index in [1.807, 2.05) is 0 Å². The molecule has 0 saturated carbocycles. The predicted octanol–water partition coefficient (Wildman–Crippen LogP) is 4.07. The molecule has 0 unspecified atom stereocenters. The van der Waals surface area contributed by atoms with Gasteiger partial charge in [-0.25, -0.2) is 12.8 Å². The lowest BCUT2D eigenvalue weighted by Crippen LogP contribution is -2.38. The topological polar surface area (TPSA) is 79.4 Å². The van der Waals surface area contributed by atoms with E-state index in [4.69, 9.17) is 0 Å². The van der Waals surface area contributed by atoms with Gasteiger partial charge in [0.2, 0.25) is 5.91 Å². The van der Waals surface area contributed by atoms with E-state index in [0.717, 1.165) is 36.5 Å². The molecule has 162 valence electrons. The number of amides is 1. The second-order valence-electron chi connectivity index (χ2n) is 6.30. The summed E-state index contributed by atoms with van der Waals surface area (Å²) >= 11 is 0. The van der Waals surface area contributed by atoms with E-state index < -0.39 is 40.0 Å². The monoisotopic (exact) mass is 453 g/mol. The van der Waals surface area contributed by atoms with Gasteiger partial charge in [0.05, 0.1) is 11.3 Å². The summed E-state index contributed by atoms with van der Waals surface area (Å²) < 4.78 is 78.8. The molecule has 3 aromatic rings. The highest BCUT2D eigenvalue weighted by Gasteiger charge is 2.31. The highest BCUT2D eigenvalue weighted by Crippen LogP contribution is 2.31. The van der Waals surface area contributed by atoms with Crippen molar-refractivity contribution in [1.82, 2.24) is 4.98 Å². The molecule has 0 atom stereocenters. The molecule has 0 radical (unpaired) electrons. The molecule has 3 rings (SSSR count). The molecule has 31 heavy (non-hydrogen) atoms. The molecule has 1 amide bonds. The van der Waals surface area contributed by atoms with Gasteiger partial charge in [-0.3, -0.25) is 14.1 Å². The van der Waals surface area contributed by atoms with Crippen molar-refractivity contribution in [2.24, 2.45) is 0 Å². The average Bonchev–Trinajstić information content (AvgIpc) is 2.73. The summed E-state index contributed by atoms with van der Waals surface area (Å²) in [4.78, 5) is 16.0. The molecule has 0 bridgehead atoms. The van der Waals surface area contributed by atoms with E-state index in [9.17, 15) is 30.8 Å². The summed E-state index contributed by atoms with van der Waals surface area (Å²) in [6, 6.07) is 11.0. The number of pyridine rings is 1. The smallest absolute Gasteiger partial charge is 0.325 e. The number of anilines is 2. The summed E-state index contributed by atoms with van der Waals surface area (Å²) in [7, 11) is -4.28. The van der Waals surface area contributed by atoms with Crippen molar-refractivity contribution in [3.63, 3.8) is 0 Å². The molecule has 1 heterocycles. The third-order valence-electron chi connectivity index (χ3n) is 4.10. The Morgan fingerprint density at radius 2 is 1.74 bits per heavy atom. The fourth-order valence-electron chi connectivity index (χ4n) is 2.65. The van der Waals surface area contributed by atoms with Crippen LogP contribution in [-0.4, -0.2) is 25.9 Å². The molecule has 2 aromatic carbocycles. The van der Waals surface area contributed by atoms with Crippen molar-refractivity contribution in [2.45, 2.75) is 11.1 Å². The van der Waals surface area contributed by atoms with Gasteiger partial charge in [0.1, 0.15) is 17.3 Å². The Morgan fingerprint density at radius 3 is 2.35 bits per heavy atom. The van der Waals surface area contributed by atoms with E-state index in [0.29, 0.717) is 4.31 Å². The molecule has 0 aliphatic rings. The number of aromatic nitrogens is 1. The molecule has 11 heteroatoms. The maximum atomic E-state index is 13.3. The van der Waals surface area contributed by atoms with Crippen LogP contribution in [0.3, 0.4) is 0 Å². The Hall–Kier alpha value is -3.47. The number of sulfonamides is 1. The largest absolute Gasteiger partial charge is 0.416 e. The van der Waals surface area contributed by atoms with Gasteiger partial charge in [0.15, 0.2) is 0 Å². The summed E-state index contributed by atoms with van der Waals surface area (Å²) in [5.74, 6) is -1.51. The van der Waals surface area contributed by atoms with Crippen LogP contribution in [0.5, 0.6) is 0 Å². The van der Waals surface area contributed by atoms with E-state index in [1.165, 1.54) is 36.5 Å². The normalized spacial score (nSPS) is 11.7. The van der Waals surface area contributed by atoms with Crippen LogP contribution < -0.4 is 9.62 Å². The molecule has 0 spiro atoms. The molecule has 6 nitrogen and oxygen atoms in total. The zero-order chi connectivity index (χ0) is 22.6. The van der Waals surface area contributed by atoms with Crippen molar-refractivity contribution in [3.05, 3.63) is 84.4 Å². The summed E-state index contributed by atoms with van der Waals surface area (Å²) in [5, 5.41) is 2.25. The van der Waals surface area contributed by atoms with Crippen LogP contribution in [0.1, 0.15) is 5.56 Å². The van der Waals surface area contributed by atoms with Crippen molar-refractivity contribution >= 4 is 27.3 Å². The van der Waals surface area contributed by atoms with Crippen molar-refractivity contribution in [2.75, 3.05) is 16.2 Å². The van der Waals surface area contributed by atoms with Gasteiger partial charge in [-0.15, -0.1) is 0 Å². The van der Waals surface area contributed by atoms with Gasteiger partial charge in [0, 0.05) is 18.1 Å². The maximum absolute atomic E-state index is 13.3. The summed E-state index contributed by atoms with van der Waals surface area (Å²) in [5.41, 5.74) is -1.13. The number of alkyl halides is 3. The molecular formula is C20H15F4N3O3S. The number of nitrogens with zero attached hydrogens (tertiary/aromatic N) is 2. The molecular weight excluding hydrogens is 438 g/mol. The van der Waals surface area contributed by atoms with Crippen molar-refractivity contribution in [3.8, 4) is 0 Å². The van der Waals surface area contributed by atoms with E-state index in [1.54, 1.807) is 0 Å². The Labute approximate surface area is 175 Å². The highest BCUT2D eigenvalue weighted by atomic mass is 32.2. The minimum Gasteiger partial charge on any atom is -0.325 e. The minimum atomic E-state index is -4.61. The number of benzene rings is 2. The number of carbonyl (C=O) groups excluding carboxylic acids is 1. The zero-order valence-corrected chi connectivity index (χ0v) is 16.5. The molecule has 0 aliphatic heterocycles. The van der Waals surface area contributed by atoms with Gasteiger partial charge in [-0.1, -0.05) is 6.07 Å². The van der Waals surface area contributed by atoms with Crippen LogP contribution in [0.15, 0.2) is 78.0 Å². The Morgan fingerprint density at radius 1 is 1.03 bits per heavy atom. The fourth-order valence-corrected chi connectivity index (χ4v) is 4.04. The summed E-state index contributed by atoms with van der Waals surface area (Å²) in [6.07, 6.45) is -2.16. The van der Waals surface area contributed by atoms with Crippen LogP contribution in [0.2, 0.25) is 0 Å². The second kappa shape index (κ2) is 8.72. The number of nitrogens with one attached hydrogen (secondary N) is 1. The van der Waals surface area contributed by atoms with Crippen LogP contribution in [0.25, 0.3) is 0 Å². The quantitative estimate of drug-likeness (QED) is 0.571. The highest BCUT2D eigenvalue weighted by molar-refractivity contribution is 7.92. The maximum Gasteiger partial charge on any atom is 0.416 e. The first-order valence-corrected chi connectivity index (χ1v) is 10.2. The van der Waals surface area contributed by atoms with Crippen molar-refractivity contribution < 1.29 is 30.8 Å². The van der Waals surface area contributed by atoms with E-state index in [2.05, 4.69) is 10.3 Å². The minimum absolute atomic E-state index is 0.00977. The van der Waals surface area contributed by atoms with Gasteiger partial charge in [0.25, 0.3) is 10.0 Å².